The van der Waals surface area contributed by atoms with Gasteiger partial charge in [0.25, 0.3) is 0 Å². The Labute approximate surface area is 122 Å². The molecule has 0 saturated carbocycles. The standard InChI is InChI=1S/C16H29N3O/c1-15-11-18-7-8-19(12-15)10-14(9-18)16(15,20)13-17-5-3-2-4-6-17/h14,20H,2-13H2,1H3/t14?,15?,16-/m1/s1. The highest BCUT2D eigenvalue weighted by Crippen LogP contribution is 2.48. The van der Waals surface area contributed by atoms with E-state index in [0.717, 1.165) is 32.7 Å². The maximum atomic E-state index is 11.6. The summed E-state index contributed by atoms with van der Waals surface area (Å²) < 4.78 is 0. The van der Waals surface area contributed by atoms with Crippen LogP contribution in [0.25, 0.3) is 0 Å². The Morgan fingerprint density at radius 1 is 0.950 bits per heavy atom. The van der Waals surface area contributed by atoms with Gasteiger partial charge in [0.15, 0.2) is 0 Å². The number of rotatable bonds is 2. The molecule has 20 heavy (non-hydrogen) atoms. The van der Waals surface area contributed by atoms with Crippen LogP contribution in [-0.2, 0) is 0 Å². The van der Waals surface area contributed by atoms with Crippen molar-refractivity contribution in [1.29, 1.82) is 0 Å². The van der Waals surface area contributed by atoms with Gasteiger partial charge in [-0.3, -0.25) is 0 Å². The molecule has 2 unspecified atom stereocenters. The van der Waals surface area contributed by atoms with Gasteiger partial charge in [-0.05, 0) is 25.9 Å². The summed E-state index contributed by atoms with van der Waals surface area (Å²) in [5, 5.41) is 11.6. The quantitative estimate of drug-likeness (QED) is 0.796. The van der Waals surface area contributed by atoms with Gasteiger partial charge in [0.1, 0.15) is 0 Å². The Kier molecular flexibility index (Phi) is 3.15. The van der Waals surface area contributed by atoms with Gasteiger partial charge in [-0.1, -0.05) is 13.3 Å². The molecule has 4 nitrogen and oxygen atoms in total. The molecule has 0 aromatic rings. The van der Waals surface area contributed by atoms with Gasteiger partial charge < -0.3 is 19.8 Å². The molecule has 1 N–H and O–H groups in total. The fourth-order valence-corrected chi connectivity index (χ4v) is 5.32. The monoisotopic (exact) mass is 279 g/mol. The summed E-state index contributed by atoms with van der Waals surface area (Å²) in [6.45, 7) is 12.4. The van der Waals surface area contributed by atoms with Crippen molar-refractivity contribution in [2.24, 2.45) is 11.3 Å². The van der Waals surface area contributed by atoms with Gasteiger partial charge in [-0.15, -0.1) is 0 Å². The van der Waals surface area contributed by atoms with E-state index in [4.69, 9.17) is 0 Å². The van der Waals surface area contributed by atoms with Crippen molar-refractivity contribution in [2.75, 3.05) is 58.9 Å². The summed E-state index contributed by atoms with van der Waals surface area (Å²) in [6.07, 6.45) is 4.00. The largest absolute Gasteiger partial charge is 0.387 e. The van der Waals surface area contributed by atoms with E-state index in [9.17, 15) is 5.11 Å². The van der Waals surface area contributed by atoms with Gasteiger partial charge in [-0.2, -0.15) is 0 Å². The molecular formula is C16H29N3O. The maximum absolute atomic E-state index is 11.6. The first-order valence-corrected chi connectivity index (χ1v) is 8.49. The second-order valence-electron chi connectivity index (χ2n) is 7.99. The Morgan fingerprint density at radius 3 is 2.10 bits per heavy atom. The summed E-state index contributed by atoms with van der Waals surface area (Å²) in [5.41, 5.74) is -0.413. The van der Waals surface area contributed by atoms with Crippen molar-refractivity contribution in [1.82, 2.24) is 14.7 Å². The van der Waals surface area contributed by atoms with Crippen LogP contribution in [0.15, 0.2) is 0 Å². The number of piperidine rings is 3. The molecule has 0 spiro atoms. The van der Waals surface area contributed by atoms with E-state index in [1.165, 1.54) is 45.4 Å². The number of hydrogen-bond donors (Lipinski definition) is 1. The first kappa shape index (κ1) is 13.5. The van der Waals surface area contributed by atoms with E-state index < -0.39 is 5.60 Å². The van der Waals surface area contributed by atoms with Crippen LogP contribution in [0.2, 0.25) is 0 Å². The molecular weight excluding hydrogens is 250 g/mol. The highest BCUT2D eigenvalue weighted by Gasteiger charge is 2.60. The molecule has 0 aromatic carbocycles. The van der Waals surface area contributed by atoms with Crippen molar-refractivity contribution < 1.29 is 5.11 Å². The predicted molar refractivity (Wildman–Crippen MR) is 79.7 cm³/mol. The molecule has 5 rings (SSSR count). The fraction of sp³-hybridized carbons (Fsp3) is 1.00. The van der Waals surface area contributed by atoms with E-state index in [1.54, 1.807) is 0 Å². The average Bonchev–Trinajstić information content (AvgIpc) is 2.66. The van der Waals surface area contributed by atoms with Crippen LogP contribution >= 0.6 is 0 Å². The molecule has 5 aliphatic heterocycles. The summed E-state index contributed by atoms with van der Waals surface area (Å²) in [5.74, 6) is 0.444. The fourth-order valence-electron chi connectivity index (χ4n) is 5.32. The van der Waals surface area contributed by atoms with Crippen LogP contribution in [0, 0.1) is 11.3 Å². The molecule has 5 saturated heterocycles. The number of hydrogen-bond acceptors (Lipinski definition) is 4. The van der Waals surface area contributed by atoms with Crippen LogP contribution in [0.1, 0.15) is 26.2 Å². The summed E-state index contributed by atoms with van der Waals surface area (Å²) in [6, 6.07) is 0. The van der Waals surface area contributed by atoms with E-state index in [2.05, 4.69) is 21.6 Å². The molecule has 5 fully saturated rings. The summed E-state index contributed by atoms with van der Waals surface area (Å²) >= 11 is 0. The normalized spacial score (nSPS) is 52.2. The third-order valence-corrected chi connectivity index (χ3v) is 6.47. The third-order valence-electron chi connectivity index (χ3n) is 6.47. The second-order valence-corrected chi connectivity index (χ2v) is 7.99. The lowest BCUT2D eigenvalue weighted by atomic mass is 9.61. The van der Waals surface area contributed by atoms with E-state index >= 15 is 0 Å². The number of nitrogens with zero attached hydrogens (tertiary/aromatic N) is 3. The first-order chi connectivity index (χ1) is 9.59. The zero-order chi connectivity index (χ0) is 13.8. The second kappa shape index (κ2) is 4.67. The van der Waals surface area contributed by atoms with E-state index in [1.807, 2.05) is 0 Å². The Morgan fingerprint density at radius 2 is 1.55 bits per heavy atom. The van der Waals surface area contributed by atoms with Crippen LogP contribution in [0.5, 0.6) is 0 Å². The van der Waals surface area contributed by atoms with Crippen LogP contribution in [-0.4, -0.2) is 84.3 Å². The van der Waals surface area contributed by atoms with E-state index in [0.29, 0.717) is 5.92 Å². The number of likely N-dealkylation sites (tertiary alicyclic amines) is 1. The van der Waals surface area contributed by atoms with Crippen LogP contribution < -0.4 is 0 Å². The molecule has 0 aromatic heterocycles. The summed E-state index contributed by atoms with van der Waals surface area (Å²) in [7, 11) is 0. The lowest BCUT2D eigenvalue weighted by Gasteiger charge is -2.60. The van der Waals surface area contributed by atoms with Crippen LogP contribution in [0.3, 0.4) is 0 Å². The molecule has 5 heterocycles. The van der Waals surface area contributed by atoms with Crippen molar-refractivity contribution >= 4 is 0 Å². The van der Waals surface area contributed by atoms with Crippen molar-refractivity contribution in [3.05, 3.63) is 0 Å². The van der Waals surface area contributed by atoms with Gasteiger partial charge in [0.2, 0.25) is 0 Å². The smallest absolute Gasteiger partial charge is 0.0904 e. The lowest BCUT2D eigenvalue weighted by molar-refractivity contribution is -0.201. The minimum Gasteiger partial charge on any atom is -0.387 e. The van der Waals surface area contributed by atoms with Crippen molar-refractivity contribution in [3.8, 4) is 0 Å². The highest BCUT2D eigenvalue weighted by atomic mass is 16.3. The minimum absolute atomic E-state index is 0.0577. The Balaban J connectivity index is 1.59. The molecule has 4 bridgehead atoms. The highest BCUT2D eigenvalue weighted by molar-refractivity contribution is 5.13. The molecule has 0 radical (unpaired) electrons. The van der Waals surface area contributed by atoms with Gasteiger partial charge in [-0.25, -0.2) is 0 Å². The molecule has 3 atom stereocenters. The maximum Gasteiger partial charge on any atom is 0.0904 e. The number of aliphatic hydroxyl groups is 1. The molecule has 0 amide bonds. The zero-order valence-corrected chi connectivity index (χ0v) is 12.9. The van der Waals surface area contributed by atoms with Gasteiger partial charge in [0.05, 0.1) is 5.60 Å². The molecule has 114 valence electrons. The Hall–Kier alpha value is -0.160. The van der Waals surface area contributed by atoms with Gasteiger partial charge in [0, 0.05) is 57.1 Å². The predicted octanol–water partition coefficient (Wildman–Crippen LogP) is 0.471. The first-order valence-electron chi connectivity index (χ1n) is 8.49. The van der Waals surface area contributed by atoms with Gasteiger partial charge >= 0.3 is 0 Å². The molecule has 0 aliphatic carbocycles. The van der Waals surface area contributed by atoms with E-state index in [-0.39, 0.29) is 5.41 Å². The average molecular weight is 279 g/mol. The number of fused-ring (bicyclic) bond motifs is 1. The topological polar surface area (TPSA) is 30.0 Å². The SMILES string of the molecule is CC12CN3CCN(CC(C3)[C@]1(O)CN1CCCCC1)C2. The number of β-amino-alcohol motifs (C(OH)–C–C–N with tert-alkyl or cyclic N) is 1. The molecule has 4 heteroatoms. The zero-order valence-electron chi connectivity index (χ0n) is 12.9. The Bertz CT molecular complexity index is 366. The molecule has 5 aliphatic rings. The van der Waals surface area contributed by atoms with Crippen LogP contribution in [0.4, 0.5) is 0 Å². The summed E-state index contributed by atoms with van der Waals surface area (Å²) in [4.78, 5) is 7.74. The lowest BCUT2D eigenvalue weighted by Crippen LogP contribution is -2.73. The van der Waals surface area contributed by atoms with Crippen molar-refractivity contribution in [3.63, 3.8) is 0 Å². The van der Waals surface area contributed by atoms with Crippen molar-refractivity contribution in [2.45, 2.75) is 31.8 Å². The minimum atomic E-state index is -0.471. The third kappa shape index (κ3) is 1.96.